The van der Waals surface area contributed by atoms with Crippen LogP contribution in [0.4, 0.5) is 0 Å². The third-order valence-corrected chi connectivity index (χ3v) is 7.77. The fourth-order valence-electron chi connectivity index (χ4n) is 6.71. The molecule has 0 aromatic rings. The third kappa shape index (κ3) is 1.98. The van der Waals surface area contributed by atoms with Gasteiger partial charge in [-0.1, -0.05) is 40.2 Å². The van der Waals surface area contributed by atoms with Crippen molar-refractivity contribution in [2.75, 3.05) is 0 Å². The van der Waals surface area contributed by atoms with Crippen molar-refractivity contribution >= 4 is 12.6 Å². The van der Waals surface area contributed by atoms with Crippen LogP contribution in [0.3, 0.4) is 0 Å². The molecule has 0 aromatic carbocycles. The van der Waals surface area contributed by atoms with Crippen LogP contribution >= 0.6 is 0 Å². The monoisotopic (exact) mass is 302 g/mol. The van der Waals surface area contributed by atoms with Crippen molar-refractivity contribution < 1.29 is 9.59 Å². The normalized spacial score (nSPS) is 46.9. The summed E-state index contributed by atoms with van der Waals surface area (Å²) in [6.45, 7) is 9.62. The van der Waals surface area contributed by atoms with Gasteiger partial charge in [0, 0.05) is 5.92 Å². The molecule has 0 heterocycles. The summed E-state index contributed by atoms with van der Waals surface area (Å²) in [6.07, 6.45) is 11.2. The number of carbonyl (C=O) groups excluding carboxylic acids is 2. The second-order valence-electron chi connectivity index (χ2n) is 9.17. The lowest BCUT2D eigenvalue weighted by atomic mass is 9.40. The van der Waals surface area contributed by atoms with E-state index in [4.69, 9.17) is 0 Å². The number of allylic oxidation sites excluding steroid dienone is 2. The average molecular weight is 302 g/mol. The molecule has 1 unspecified atom stereocenters. The van der Waals surface area contributed by atoms with Gasteiger partial charge in [-0.2, -0.15) is 0 Å². The molecule has 0 aliphatic heterocycles. The molecule has 0 radical (unpaired) electrons. The van der Waals surface area contributed by atoms with Gasteiger partial charge < -0.3 is 4.79 Å². The molecule has 122 valence electrons. The van der Waals surface area contributed by atoms with Crippen LogP contribution in [-0.4, -0.2) is 12.6 Å². The maximum absolute atomic E-state index is 11.8. The van der Waals surface area contributed by atoms with Crippen molar-refractivity contribution in [3.8, 4) is 0 Å². The van der Waals surface area contributed by atoms with Gasteiger partial charge >= 0.3 is 0 Å². The minimum Gasteiger partial charge on any atom is -0.303 e. The van der Waals surface area contributed by atoms with Crippen LogP contribution in [0.2, 0.25) is 0 Å². The lowest BCUT2D eigenvalue weighted by Crippen LogP contribution is -2.58. The average Bonchev–Trinajstić information content (AvgIpc) is 2.44. The van der Waals surface area contributed by atoms with Crippen LogP contribution in [0.25, 0.3) is 0 Å². The molecule has 0 saturated heterocycles. The first-order valence-corrected chi connectivity index (χ1v) is 8.90. The van der Waals surface area contributed by atoms with Gasteiger partial charge in [-0.05, 0) is 65.8 Å². The van der Waals surface area contributed by atoms with Gasteiger partial charge in [0.15, 0.2) is 0 Å². The number of rotatable bonds is 2. The van der Waals surface area contributed by atoms with Gasteiger partial charge in [-0.25, -0.2) is 0 Å². The Morgan fingerprint density at radius 3 is 2.36 bits per heavy atom. The predicted octanol–water partition coefficient (Wildman–Crippen LogP) is 4.58. The molecule has 0 spiro atoms. The van der Waals surface area contributed by atoms with Crippen LogP contribution < -0.4 is 0 Å². The van der Waals surface area contributed by atoms with Gasteiger partial charge in [0.05, 0.1) is 0 Å². The van der Waals surface area contributed by atoms with E-state index in [9.17, 15) is 9.59 Å². The van der Waals surface area contributed by atoms with E-state index in [0.29, 0.717) is 16.7 Å². The Morgan fingerprint density at radius 2 is 1.73 bits per heavy atom. The van der Waals surface area contributed by atoms with Gasteiger partial charge in [0.2, 0.25) is 0 Å². The Kier molecular flexibility index (Phi) is 3.66. The molecule has 3 rings (SSSR count). The predicted molar refractivity (Wildman–Crippen MR) is 88.4 cm³/mol. The van der Waals surface area contributed by atoms with Gasteiger partial charge in [0.25, 0.3) is 0 Å². The Bertz CT molecular complexity index is 518. The zero-order valence-electron chi connectivity index (χ0n) is 14.5. The number of hydrogen-bond donors (Lipinski definition) is 0. The molecular formula is C20H30O2. The molecule has 2 saturated carbocycles. The fourth-order valence-corrected chi connectivity index (χ4v) is 6.71. The van der Waals surface area contributed by atoms with Crippen LogP contribution in [0.5, 0.6) is 0 Å². The molecule has 0 amide bonds. The second kappa shape index (κ2) is 5.04. The first-order valence-electron chi connectivity index (χ1n) is 8.90. The summed E-state index contributed by atoms with van der Waals surface area (Å²) in [6, 6.07) is 0. The van der Waals surface area contributed by atoms with Crippen LogP contribution in [0, 0.1) is 34.0 Å². The maximum Gasteiger partial charge on any atom is 0.146 e. The first kappa shape index (κ1) is 16.0. The van der Waals surface area contributed by atoms with Gasteiger partial charge in [0.1, 0.15) is 12.6 Å². The van der Waals surface area contributed by atoms with E-state index in [2.05, 4.69) is 33.8 Å². The van der Waals surface area contributed by atoms with E-state index in [-0.39, 0.29) is 11.3 Å². The largest absolute Gasteiger partial charge is 0.303 e. The Balaban J connectivity index is 2.06. The summed E-state index contributed by atoms with van der Waals surface area (Å²) in [4.78, 5) is 23.2. The standard InChI is InChI=1S/C20H30O2/c1-18(2)9-5-10-20(4)16(18)8-11-19(3)15(13-22)14(12-21)6-7-17(19)20/h6,12-13,15-17H,5,7-11H2,1-4H3/t15-,16?,17+,19+,20+/m1/s1. The Morgan fingerprint density at radius 1 is 1.00 bits per heavy atom. The van der Waals surface area contributed by atoms with E-state index in [1.807, 2.05) is 0 Å². The van der Waals surface area contributed by atoms with E-state index < -0.39 is 0 Å². The molecule has 0 bridgehead atoms. The van der Waals surface area contributed by atoms with E-state index in [0.717, 1.165) is 36.9 Å². The van der Waals surface area contributed by atoms with Crippen LogP contribution in [-0.2, 0) is 9.59 Å². The fraction of sp³-hybridized carbons (Fsp3) is 0.800. The minimum atomic E-state index is -0.202. The van der Waals surface area contributed by atoms with Crippen LogP contribution in [0.1, 0.15) is 66.2 Å². The van der Waals surface area contributed by atoms with Gasteiger partial charge in [-0.15, -0.1) is 0 Å². The molecular weight excluding hydrogens is 272 g/mol. The third-order valence-electron chi connectivity index (χ3n) is 7.77. The van der Waals surface area contributed by atoms with Crippen LogP contribution in [0.15, 0.2) is 11.6 Å². The highest BCUT2D eigenvalue weighted by molar-refractivity contribution is 5.82. The van der Waals surface area contributed by atoms with Crippen molar-refractivity contribution in [1.29, 1.82) is 0 Å². The highest BCUT2D eigenvalue weighted by atomic mass is 16.1. The Labute approximate surface area is 134 Å². The lowest BCUT2D eigenvalue weighted by Gasteiger charge is -2.64. The van der Waals surface area contributed by atoms with Crippen molar-refractivity contribution in [3.63, 3.8) is 0 Å². The number of aldehydes is 2. The van der Waals surface area contributed by atoms with Crippen molar-refractivity contribution in [1.82, 2.24) is 0 Å². The van der Waals surface area contributed by atoms with E-state index in [1.165, 1.54) is 25.7 Å². The summed E-state index contributed by atoms with van der Waals surface area (Å²) in [5.41, 5.74) is 1.40. The van der Waals surface area contributed by atoms with Crippen molar-refractivity contribution in [3.05, 3.63) is 11.6 Å². The lowest BCUT2D eigenvalue weighted by molar-refractivity contribution is -0.151. The summed E-state index contributed by atoms with van der Waals surface area (Å²) in [5.74, 6) is 1.06. The minimum absolute atomic E-state index is 0.0363. The smallest absolute Gasteiger partial charge is 0.146 e. The molecule has 2 fully saturated rings. The molecule has 0 N–H and O–H groups in total. The SMILES string of the molecule is CC1(C)CCC[C@@]2(C)C1CC[C@@]1(C)[C@H](C=O)C(C=O)=CC[C@@H]12. The summed E-state index contributed by atoms with van der Waals surface area (Å²) in [7, 11) is 0. The topological polar surface area (TPSA) is 34.1 Å². The first-order chi connectivity index (χ1) is 10.3. The molecule has 22 heavy (non-hydrogen) atoms. The summed E-state index contributed by atoms with van der Waals surface area (Å²) >= 11 is 0. The zero-order valence-corrected chi connectivity index (χ0v) is 14.5. The molecule has 2 nitrogen and oxygen atoms in total. The molecule has 2 heteroatoms. The quantitative estimate of drug-likeness (QED) is 0.700. The maximum atomic E-state index is 11.8. The summed E-state index contributed by atoms with van der Waals surface area (Å²) in [5, 5.41) is 0. The number of fused-ring (bicyclic) bond motifs is 3. The highest BCUT2D eigenvalue weighted by Gasteiger charge is 2.60. The van der Waals surface area contributed by atoms with Gasteiger partial charge in [-0.3, -0.25) is 4.79 Å². The van der Waals surface area contributed by atoms with Crippen molar-refractivity contribution in [2.45, 2.75) is 66.2 Å². The number of carbonyl (C=O) groups is 2. The zero-order chi connectivity index (χ0) is 16.2. The van der Waals surface area contributed by atoms with E-state index in [1.54, 1.807) is 0 Å². The number of hydrogen-bond acceptors (Lipinski definition) is 2. The molecule has 3 aliphatic carbocycles. The highest BCUT2D eigenvalue weighted by Crippen LogP contribution is 2.67. The second-order valence-corrected chi connectivity index (χ2v) is 9.17. The summed E-state index contributed by atoms with van der Waals surface area (Å²) < 4.78 is 0. The Hall–Kier alpha value is -0.920. The molecule has 0 aromatic heterocycles. The van der Waals surface area contributed by atoms with Crippen molar-refractivity contribution in [2.24, 2.45) is 34.0 Å². The van der Waals surface area contributed by atoms with E-state index >= 15 is 0 Å². The molecule has 3 aliphatic rings. The molecule has 5 atom stereocenters.